The zero-order valence-corrected chi connectivity index (χ0v) is 16.6. The van der Waals surface area contributed by atoms with Crippen molar-refractivity contribution in [3.8, 4) is 0 Å². The van der Waals surface area contributed by atoms with Crippen molar-refractivity contribution in [2.45, 2.75) is 32.6 Å². The summed E-state index contributed by atoms with van der Waals surface area (Å²) < 4.78 is 0. The van der Waals surface area contributed by atoms with E-state index >= 15 is 0 Å². The van der Waals surface area contributed by atoms with Crippen LogP contribution in [0.15, 0.2) is 40.7 Å². The molecule has 0 saturated carbocycles. The van der Waals surface area contributed by atoms with Crippen LogP contribution in [0.25, 0.3) is 0 Å². The van der Waals surface area contributed by atoms with Crippen molar-refractivity contribution in [2.75, 3.05) is 12.3 Å². The zero-order valence-electron chi connectivity index (χ0n) is 14.2. The molecule has 6 heteroatoms. The number of amidine groups is 1. The van der Waals surface area contributed by atoms with Gasteiger partial charge in [-0.15, -0.1) is 11.3 Å². The number of benzene rings is 1. The second-order valence-corrected chi connectivity index (χ2v) is 8.51. The molecular formula is C19H21ClN2OS2. The number of hydrogen-bond donors (Lipinski definition) is 0. The number of amides is 1. The lowest BCUT2D eigenvalue weighted by molar-refractivity contribution is -0.127. The van der Waals surface area contributed by atoms with E-state index in [0.29, 0.717) is 11.4 Å². The van der Waals surface area contributed by atoms with Gasteiger partial charge in [-0.25, -0.2) is 4.99 Å². The summed E-state index contributed by atoms with van der Waals surface area (Å²) in [7, 11) is 0. The van der Waals surface area contributed by atoms with Crippen LogP contribution in [0.1, 0.15) is 29.7 Å². The maximum atomic E-state index is 12.7. The third-order valence-electron chi connectivity index (χ3n) is 4.06. The van der Waals surface area contributed by atoms with Gasteiger partial charge in [0.25, 0.3) is 0 Å². The molecule has 1 aliphatic rings. The number of carbonyl (C=O) groups excluding carboxylic acids is 1. The topological polar surface area (TPSA) is 32.7 Å². The number of aryl methyl sites for hydroxylation is 2. The minimum atomic E-state index is 0.167. The second kappa shape index (κ2) is 8.88. The van der Waals surface area contributed by atoms with Crippen LogP contribution < -0.4 is 0 Å². The van der Waals surface area contributed by atoms with Crippen molar-refractivity contribution >= 4 is 51.5 Å². The van der Waals surface area contributed by atoms with E-state index in [1.54, 1.807) is 23.1 Å². The van der Waals surface area contributed by atoms with Crippen molar-refractivity contribution in [2.24, 2.45) is 4.99 Å². The molecule has 1 aliphatic heterocycles. The number of halogens is 1. The van der Waals surface area contributed by atoms with Gasteiger partial charge < -0.3 is 0 Å². The molecule has 0 spiro atoms. The lowest BCUT2D eigenvalue weighted by Gasteiger charge is -2.27. The SMILES string of the molecule is Cc1ccc(N=C2SCCCN2C(=O)CCCc2cccs2)cc1Cl. The number of rotatable bonds is 5. The molecule has 0 unspecified atom stereocenters. The van der Waals surface area contributed by atoms with Crippen LogP contribution >= 0.6 is 34.7 Å². The Hall–Kier alpha value is -1.30. The van der Waals surface area contributed by atoms with Gasteiger partial charge in [0.15, 0.2) is 5.17 Å². The van der Waals surface area contributed by atoms with E-state index in [4.69, 9.17) is 11.6 Å². The fraction of sp³-hybridized carbons (Fsp3) is 0.368. The minimum Gasteiger partial charge on any atom is -0.291 e. The first-order valence-electron chi connectivity index (χ1n) is 8.44. The molecule has 1 amide bonds. The predicted molar refractivity (Wildman–Crippen MR) is 109 cm³/mol. The number of aliphatic imine (C=N–C) groups is 1. The van der Waals surface area contributed by atoms with E-state index in [0.717, 1.165) is 48.0 Å². The van der Waals surface area contributed by atoms with Crippen molar-refractivity contribution in [1.82, 2.24) is 4.90 Å². The number of nitrogens with zero attached hydrogens (tertiary/aromatic N) is 2. The van der Waals surface area contributed by atoms with Gasteiger partial charge in [-0.3, -0.25) is 9.69 Å². The van der Waals surface area contributed by atoms with Crippen LogP contribution in [0.5, 0.6) is 0 Å². The van der Waals surface area contributed by atoms with Gasteiger partial charge in [0.1, 0.15) is 0 Å². The minimum absolute atomic E-state index is 0.167. The third kappa shape index (κ3) is 5.09. The highest BCUT2D eigenvalue weighted by molar-refractivity contribution is 8.13. The molecule has 2 aromatic rings. The molecule has 1 aromatic carbocycles. The maximum absolute atomic E-state index is 12.7. The van der Waals surface area contributed by atoms with Crippen LogP contribution in [-0.4, -0.2) is 28.3 Å². The van der Waals surface area contributed by atoms with Crippen molar-refractivity contribution < 1.29 is 4.79 Å². The zero-order chi connectivity index (χ0) is 17.6. The van der Waals surface area contributed by atoms with Crippen LogP contribution in [0.2, 0.25) is 5.02 Å². The molecule has 1 saturated heterocycles. The lowest BCUT2D eigenvalue weighted by atomic mass is 10.2. The van der Waals surface area contributed by atoms with Crippen molar-refractivity contribution in [1.29, 1.82) is 0 Å². The van der Waals surface area contributed by atoms with E-state index < -0.39 is 0 Å². The maximum Gasteiger partial charge on any atom is 0.228 e. The number of hydrogen-bond acceptors (Lipinski definition) is 4. The molecule has 1 aromatic heterocycles. The quantitative estimate of drug-likeness (QED) is 0.655. The van der Waals surface area contributed by atoms with Gasteiger partial charge in [-0.05, 0) is 55.3 Å². The summed E-state index contributed by atoms with van der Waals surface area (Å²) in [4.78, 5) is 20.5. The first-order chi connectivity index (χ1) is 12.1. The molecule has 0 radical (unpaired) electrons. The lowest BCUT2D eigenvalue weighted by Crippen LogP contribution is -2.39. The molecule has 0 N–H and O–H groups in total. The highest BCUT2D eigenvalue weighted by Gasteiger charge is 2.23. The van der Waals surface area contributed by atoms with Gasteiger partial charge in [0, 0.05) is 28.6 Å². The van der Waals surface area contributed by atoms with Gasteiger partial charge in [-0.1, -0.05) is 35.5 Å². The molecule has 1 fully saturated rings. The first-order valence-corrected chi connectivity index (χ1v) is 10.7. The number of thiophene rings is 1. The molecule has 0 atom stereocenters. The average Bonchev–Trinajstić information content (AvgIpc) is 3.12. The first kappa shape index (κ1) is 18.5. The molecule has 3 nitrogen and oxygen atoms in total. The molecule has 132 valence electrons. The largest absolute Gasteiger partial charge is 0.291 e. The van der Waals surface area contributed by atoms with E-state index in [2.05, 4.69) is 22.5 Å². The summed E-state index contributed by atoms with van der Waals surface area (Å²) in [6.07, 6.45) is 3.41. The summed E-state index contributed by atoms with van der Waals surface area (Å²) in [5.41, 5.74) is 1.83. The van der Waals surface area contributed by atoms with Gasteiger partial charge in [-0.2, -0.15) is 0 Å². The van der Waals surface area contributed by atoms with Crippen molar-refractivity contribution in [3.05, 3.63) is 51.2 Å². The van der Waals surface area contributed by atoms with E-state index in [-0.39, 0.29) is 5.91 Å². The third-order valence-corrected chi connectivity index (χ3v) is 6.47. The summed E-state index contributed by atoms with van der Waals surface area (Å²) in [6.45, 7) is 2.72. The molecule has 0 bridgehead atoms. The summed E-state index contributed by atoms with van der Waals surface area (Å²) >= 11 is 9.59. The van der Waals surface area contributed by atoms with Crippen molar-refractivity contribution in [3.63, 3.8) is 0 Å². The molecule has 25 heavy (non-hydrogen) atoms. The Labute approximate surface area is 162 Å². The smallest absolute Gasteiger partial charge is 0.228 e. The summed E-state index contributed by atoms with van der Waals surface area (Å²) in [5.74, 6) is 1.16. The molecule has 3 rings (SSSR count). The van der Waals surface area contributed by atoms with Gasteiger partial charge in [0.05, 0.1) is 5.69 Å². The molecule has 0 aliphatic carbocycles. The van der Waals surface area contributed by atoms with Crippen LogP contribution in [-0.2, 0) is 11.2 Å². The normalized spacial score (nSPS) is 16.4. The standard InChI is InChI=1S/C19H21ClN2OS2/c1-14-8-9-15(13-17(14)20)21-19-22(10-4-12-25-19)18(23)7-2-5-16-6-3-11-24-16/h3,6,8-9,11,13H,2,4-5,7,10,12H2,1H3. The molecule has 2 heterocycles. The van der Waals surface area contributed by atoms with Crippen LogP contribution in [0, 0.1) is 6.92 Å². The Kier molecular flexibility index (Phi) is 6.57. The number of thioether (sulfide) groups is 1. The monoisotopic (exact) mass is 392 g/mol. The van der Waals surface area contributed by atoms with E-state index in [1.807, 2.05) is 30.0 Å². The fourth-order valence-electron chi connectivity index (χ4n) is 2.65. The Bertz CT molecular complexity index is 759. The van der Waals surface area contributed by atoms with Crippen LogP contribution in [0.3, 0.4) is 0 Å². The highest BCUT2D eigenvalue weighted by atomic mass is 35.5. The second-order valence-electron chi connectivity index (χ2n) is 6.01. The highest BCUT2D eigenvalue weighted by Crippen LogP contribution is 2.26. The Morgan fingerprint density at radius 1 is 1.36 bits per heavy atom. The van der Waals surface area contributed by atoms with E-state index in [1.165, 1.54) is 4.88 Å². The Morgan fingerprint density at radius 3 is 3.00 bits per heavy atom. The Morgan fingerprint density at radius 2 is 2.24 bits per heavy atom. The number of carbonyl (C=O) groups is 1. The molecular weight excluding hydrogens is 372 g/mol. The van der Waals surface area contributed by atoms with E-state index in [9.17, 15) is 4.79 Å². The fourth-order valence-corrected chi connectivity index (χ4v) is 4.55. The van der Waals surface area contributed by atoms with Gasteiger partial charge >= 0.3 is 0 Å². The van der Waals surface area contributed by atoms with Crippen LogP contribution in [0.4, 0.5) is 5.69 Å². The summed E-state index contributed by atoms with van der Waals surface area (Å²) in [6, 6.07) is 9.95. The predicted octanol–water partition coefficient (Wildman–Crippen LogP) is 5.69. The summed E-state index contributed by atoms with van der Waals surface area (Å²) in [5, 5.41) is 3.58. The van der Waals surface area contributed by atoms with Gasteiger partial charge in [0.2, 0.25) is 5.91 Å². The Balaban J connectivity index is 1.66. The average molecular weight is 393 g/mol.